The summed E-state index contributed by atoms with van der Waals surface area (Å²) in [6, 6.07) is 18.0. The summed E-state index contributed by atoms with van der Waals surface area (Å²) in [5, 5.41) is 0. The first-order chi connectivity index (χ1) is 16.5. The average molecular weight is 463 g/mol. The van der Waals surface area contributed by atoms with Gasteiger partial charge in [0.2, 0.25) is 0 Å². The molecule has 0 aliphatic heterocycles. The van der Waals surface area contributed by atoms with Gasteiger partial charge in [-0.15, -0.1) is 0 Å². The van der Waals surface area contributed by atoms with Gasteiger partial charge in [0.25, 0.3) is 0 Å². The van der Waals surface area contributed by atoms with Gasteiger partial charge in [0.15, 0.2) is 11.6 Å². The van der Waals surface area contributed by atoms with Crippen molar-refractivity contribution in [2.24, 2.45) is 11.8 Å². The third-order valence-electron chi connectivity index (χ3n) is 7.30. The van der Waals surface area contributed by atoms with E-state index in [0.717, 1.165) is 29.6 Å². The Balaban J connectivity index is 1.30. The number of ether oxygens (including phenoxy) is 1. The fourth-order valence-electron chi connectivity index (χ4n) is 5.24. The predicted molar refractivity (Wildman–Crippen MR) is 137 cm³/mol. The summed E-state index contributed by atoms with van der Waals surface area (Å²) in [4.78, 5) is 0. The molecule has 0 amide bonds. The van der Waals surface area contributed by atoms with Gasteiger partial charge in [-0.1, -0.05) is 99.5 Å². The molecule has 0 aromatic heterocycles. The molecule has 4 rings (SSSR count). The van der Waals surface area contributed by atoms with Gasteiger partial charge in [0.05, 0.1) is 6.61 Å². The third kappa shape index (κ3) is 6.05. The van der Waals surface area contributed by atoms with Gasteiger partial charge in [0, 0.05) is 11.1 Å². The lowest BCUT2D eigenvalue weighted by Crippen LogP contribution is -2.15. The predicted octanol–water partition coefficient (Wildman–Crippen LogP) is 9.37. The van der Waals surface area contributed by atoms with E-state index in [9.17, 15) is 8.78 Å². The monoisotopic (exact) mass is 462 g/mol. The molecule has 0 saturated heterocycles. The molecule has 0 atom stereocenters. The first kappa shape index (κ1) is 24.4. The highest BCUT2D eigenvalue weighted by atomic mass is 19.2. The summed E-state index contributed by atoms with van der Waals surface area (Å²) in [6.45, 7) is 4.95. The van der Waals surface area contributed by atoms with Gasteiger partial charge in [-0.05, 0) is 54.9 Å². The highest BCUT2D eigenvalue weighted by molar-refractivity contribution is 5.72. The van der Waals surface area contributed by atoms with Crippen molar-refractivity contribution in [2.45, 2.75) is 65.2 Å². The minimum atomic E-state index is -0.819. The Labute approximate surface area is 203 Å². The molecule has 0 bridgehead atoms. The molecule has 3 heteroatoms. The molecule has 1 nitrogen and oxygen atoms in total. The Hall–Kier alpha value is -2.68. The first-order valence-electron chi connectivity index (χ1n) is 12.8. The lowest BCUT2D eigenvalue weighted by atomic mass is 9.78. The van der Waals surface area contributed by atoms with Crippen LogP contribution in [0.2, 0.25) is 0 Å². The molecule has 180 valence electrons. The van der Waals surface area contributed by atoms with Crippen molar-refractivity contribution in [2.75, 3.05) is 6.61 Å². The van der Waals surface area contributed by atoms with E-state index in [2.05, 4.69) is 6.92 Å². The summed E-state index contributed by atoms with van der Waals surface area (Å²) < 4.78 is 35.7. The molecular formula is C31H36F2O. The molecule has 1 fully saturated rings. The normalized spacial score (nSPS) is 18.1. The molecule has 1 aliphatic rings. The average Bonchev–Trinajstić information content (AvgIpc) is 2.86. The van der Waals surface area contributed by atoms with Crippen LogP contribution in [0.25, 0.3) is 22.3 Å². The van der Waals surface area contributed by atoms with Gasteiger partial charge < -0.3 is 4.74 Å². The zero-order valence-corrected chi connectivity index (χ0v) is 20.5. The van der Waals surface area contributed by atoms with E-state index in [1.54, 1.807) is 24.3 Å². The minimum absolute atomic E-state index is 0.263. The summed E-state index contributed by atoms with van der Waals surface area (Å²) in [7, 11) is 0. The molecule has 0 heterocycles. The van der Waals surface area contributed by atoms with Crippen molar-refractivity contribution in [3.63, 3.8) is 0 Å². The number of hydrogen-bond acceptors (Lipinski definition) is 1. The van der Waals surface area contributed by atoms with Crippen molar-refractivity contribution >= 4 is 0 Å². The minimum Gasteiger partial charge on any atom is -0.494 e. The second-order valence-electron chi connectivity index (χ2n) is 9.85. The zero-order valence-electron chi connectivity index (χ0n) is 20.5. The van der Waals surface area contributed by atoms with Crippen LogP contribution in [0.5, 0.6) is 5.75 Å². The van der Waals surface area contributed by atoms with Crippen molar-refractivity contribution in [1.29, 1.82) is 0 Å². The van der Waals surface area contributed by atoms with E-state index >= 15 is 0 Å². The van der Waals surface area contributed by atoms with Gasteiger partial charge in [-0.3, -0.25) is 0 Å². The van der Waals surface area contributed by atoms with E-state index < -0.39 is 11.6 Å². The molecule has 0 unspecified atom stereocenters. The van der Waals surface area contributed by atoms with E-state index in [-0.39, 0.29) is 11.1 Å². The quantitative estimate of drug-likeness (QED) is 0.288. The molecule has 0 spiro atoms. The summed E-state index contributed by atoms with van der Waals surface area (Å²) in [5.74, 6) is 0.936. The summed E-state index contributed by atoms with van der Waals surface area (Å²) in [6.07, 6.45) is 10.5. The molecule has 0 radical (unpaired) electrons. The highest BCUT2D eigenvalue weighted by Gasteiger charge is 2.20. The van der Waals surface area contributed by atoms with Crippen molar-refractivity contribution in [3.8, 4) is 28.0 Å². The maximum Gasteiger partial charge on any atom is 0.167 e. The summed E-state index contributed by atoms with van der Waals surface area (Å²) in [5.41, 5.74) is 2.94. The zero-order chi connectivity index (χ0) is 23.9. The third-order valence-corrected chi connectivity index (χ3v) is 7.30. The molecule has 34 heavy (non-hydrogen) atoms. The fraction of sp³-hybridized carbons (Fsp3) is 0.419. The van der Waals surface area contributed by atoms with Gasteiger partial charge in [0.1, 0.15) is 5.75 Å². The summed E-state index contributed by atoms with van der Waals surface area (Å²) >= 11 is 0. The lowest BCUT2D eigenvalue weighted by Gasteiger charge is -2.28. The Morgan fingerprint density at radius 2 is 1.21 bits per heavy atom. The van der Waals surface area contributed by atoms with Crippen LogP contribution in [0.3, 0.4) is 0 Å². The molecular weight excluding hydrogens is 426 g/mol. The molecule has 0 N–H and O–H groups in total. The molecule has 1 saturated carbocycles. The van der Waals surface area contributed by atoms with E-state index in [0.29, 0.717) is 17.7 Å². The van der Waals surface area contributed by atoms with Gasteiger partial charge >= 0.3 is 0 Å². The van der Waals surface area contributed by atoms with Crippen LogP contribution in [0.1, 0.15) is 63.9 Å². The van der Waals surface area contributed by atoms with Crippen LogP contribution in [-0.4, -0.2) is 6.61 Å². The van der Waals surface area contributed by atoms with Crippen LogP contribution in [0.15, 0.2) is 60.7 Å². The Morgan fingerprint density at radius 1 is 0.706 bits per heavy atom. The van der Waals surface area contributed by atoms with Crippen LogP contribution < -0.4 is 4.74 Å². The van der Waals surface area contributed by atoms with Crippen LogP contribution in [0.4, 0.5) is 8.78 Å². The Morgan fingerprint density at radius 3 is 1.74 bits per heavy atom. The lowest BCUT2D eigenvalue weighted by molar-refractivity contribution is 0.230. The second kappa shape index (κ2) is 11.6. The van der Waals surface area contributed by atoms with Crippen LogP contribution >= 0.6 is 0 Å². The van der Waals surface area contributed by atoms with E-state index in [1.165, 1.54) is 44.9 Å². The van der Waals surface area contributed by atoms with Gasteiger partial charge in [-0.2, -0.15) is 0 Å². The van der Waals surface area contributed by atoms with Crippen molar-refractivity contribution in [3.05, 3.63) is 77.9 Å². The number of halogens is 2. The molecule has 3 aromatic rings. The number of rotatable bonds is 9. The topological polar surface area (TPSA) is 9.23 Å². The fourth-order valence-corrected chi connectivity index (χ4v) is 5.24. The van der Waals surface area contributed by atoms with Crippen LogP contribution in [-0.2, 0) is 0 Å². The Kier molecular flexibility index (Phi) is 8.37. The number of hydrogen-bond donors (Lipinski definition) is 0. The first-order valence-corrected chi connectivity index (χ1v) is 12.8. The largest absolute Gasteiger partial charge is 0.494 e. The van der Waals surface area contributed by atoms with E-state index in [1.807, 2.05) is 43.3 Å². The number of benzene rings is 3. The van der Waals surface area contributed by atoms with Crippen molar-refractivity contribution < 1.29 is 13.5 Å². The highest BCUT2D eigenvalue weighted by Crippen LogP contribution is 2.34. The number of aryl methyl sites for hydroxylation is 1. The SMILES string of the molecule is CCCC1CCC(CCCOc2ccc(-c3ccc(-c4ccc(C)cc4)c(F)c3F)cc2)CC1. The Bertz CT molecular complexity index is 1050. The smallest absolute Gasteiger partial charge is 0.167 e. The molecule has 3 aromatic carbocycles. The second-order valence-corrected chi connectivity index (χ2v) is 9.85. The molecule has 1 aliphatic carbocycles. The van der Waals surface area contributed by atoms with Gasteiger partial charge in [-0.25, -0.2) is 8.78 Å². The van der Waals surface area contributed by atoms with E-state index in [4.69, 9.17) is 4.74 Å². The maximum absolute atomic E-state index is 14.9. The standard InChI is InChI=1S/C31H36F2O/c1-3-5-23-9-11-24(12-10-23)6-4-21-34-27-17-15-26(16-18-27)29-20-19-28(30(32)31(29)33)25-13-7-22(2)8-14-25/h7-8,13-20,23-24H,3-6,9-12,21H2,1-2H3. The maximum atomic E-state index is 14.9. The van der Waals surface area contributed by atoms with Crippen molar-refractivity contribution in [1.82, 2.24) is 0 Å². The van der Waals surface area contributed by atoms with Crippen LogP contribution in [0, 0.1) is 30.4 Å².